The summed E-state index contributed by atoms with van der Waals surface area (Å²) in [5.74, 6) is 0.190. The Kier molecular flexibility index (Phi) is 7.00. The van der Waals surface area contributed by atoms with E-state index in [1.807, 2.05) is 6.07 Å². The Labute approximate surface area is 115 Å². The summed E-state index contributed by atoms with van der Waals surface area (Å²) in [4.78, 5) is 11.5. The SMILES string of the molecule is N#CCOc1ccc(NC(=O)CCOCC(F)F)cc1. The number of rotatable bonds is 8. The van der Waals surface area contributed by atoms with Gasteiger partial charge in [0.1, 0.15) is 18.4 Å². The van der Waals surface area contributed by atoms with Crippen molar-refractivity contribution in [2.45, 2.75) is 12.8 Å². The number of hydrogen-bond acceptors (Lipinski definition) is 4. The highest BCUT2D eigenvalue weighted by atomic mass is 19.3. The van der Waals surface area contributed by atoms with E-state index in [-0.39, 0.29) is 25.5 Å². The van der Waals surface area contributed by atoms with Crippen molar-refractivity contribution in [1.82, 2.24) is 0 Å². The van der Waals surface area contributed by atoms with E-state index in [2.05, 4.69) is 10.1 Å². The summed E-state index contributed by atoms with van der Waals surface area (Å²) in [5, 5.41) is 10.9. The molecule has 108 valence electrons. The third-order valence-corrected chi connectivity index (χ3v) is 2.16. The molecule has 0 spiro atoms. The fourth-order valence-corrected chi connectivity index (χ4v) is 1.31. The van der Waals surface area contributed by atoms with Gasteiger partial charge in [-0.2, -0.15) is 5.26 Å². The molecule has 0 heterocycles. The van der Waals surface area contributed by atoms with E-state index in [9.17, 15) is 13.6 Å². The standard InChI is InChI=1S/C13H14F2N2O3/c14-12(15)9-19-7-5-13(18)17-10-1-3-11(4-2-10)20-8-6-16/h1-4,12H,5,7-9H2,(H,17,18). The van der Waals surface area contributed by atoms with Crippen molar-refractivity contribution < 1.29 is 23.0 Å². The molecule has 1 aromatic rings. The zero-order valence-corrected chi connectivity index (χ0v) is 10.6. The maximum absolute atomic E-state index is 11.8. The van der Waals surface area contributed by atoms with Gasteiger partial charge in [0.15, 0.2) is 6.61 Å². The van der Waals surface area contributed by atoms with Crippen molar-refractivity contribution in [2.24, 2.45) is 0 Å². The first-order valence-corrected chi connectivity index (χ1v) is 5.87. The monoisotopic (exact) mass is 284 g/mol. The van der Waals surface area contributed by atoms with Crippen LogP contribution in [0, 0.1) is 11.3 Å². The summed E-state index contributed by atoms with van der Waals surface area (Å²) < 4.78 is 33.2. The predicted molar refractivity (Wildman–Crippen MR) is 67.6 cm³/mol. The molecule has 0 saturated carbocycles. The van der Waals surface area contributed by atoms with Gasteiger partial charge in [-0.3, -0.25) is 4.79 Å². The molecule has 7 heteroatoms. The number of amides is 1. The molecule has 0 aliphatic heterocycles. The zero-order valence-electron chi connectivity index (χ0n) is 10.6. The van der Waals surface area contributed by atoms with E-state index >= 15 is 0 Å². The zero-order chi connectivity index (χ0) is 14.8. The highest BCUT2D eigenvalue weighted by Gasteiger charge is 2.05. The number of alkyl halides is 2. The van der Waals surface area contributed by atoms with E-state index < -0.39 is 13.0 Å². The minimum absolute atomic E-state index is 0.000591. The molecule has 0 atom stereocenters. The van der Waals surface area contributed by atoms with Gasteiger partial charge >= 0.3 is 0 Å². The molecule has 0 fully saturated rings. The number of carbonyl (C=O) groups is 1. The summed E-state index contributed by atoms with van der Waals surface area (Å²) in [6, 6.07) is 8.29. The topological polar surface area (TPSA) is 71.3 Å². The molecule has 1 rings (SSSR count). The second-order valence-electron chi connectivity index (χ2n) is 3.74. The molecule has 0 bridgehead atoms. The van der Waals surface area contributed by atoms with Gasteiger partial charge in [-0.05, 0) is 24.3 Å². The number of ether oxygens (including phenoxy) is 2. The van der Waals surface area contributed by atoms with Crippen LogP contribution in [0.5, 0.6) is 5.75 Å². The van der Waals surface area contributed by atoms with Crippen LogP contribution in [0.2, 0.25) is 0 Å². The number of benzene rings is 1. The highest BCUT2D eigenvalue weighted by Crippen LogP contribution is 2.15. The number of nitrogens with one attached hydrogen (secondary N) is 1. The van der Waals surface area contributed by atoms with Crippen molar-refractivity contribution in [3.8, 4) is 11.8 Å². The first-order valence-electron chi connectivity index (χ1n) is 5.87. The van der Waals surface area contributed by atoms with Gasteiger partial charge < -0.3 is 14.8 Å². The first-order chi connectivity index (χ1) is 9.61. The van der Waals surface area contributed by atoms with Crippen molar-refractivity contribution >= 4 is 11.6 Å². The lowest BCUT2D eigenvalue weighted by Crippen LogP contribution is -2.15. The van der Waals surface area contributed by atoms with Crippen LogP contribution in [-0.2, 0) is 9.53 Å². The first kappa shape index (κ1) is 15.9. The number of nitrogens with zero attached hydrogens (tertiary/aromatic N) is 1. The second kappa shape index (κ2) is 8.82. The molecular weight excluding hydrogens is 270 g/mol. The Morgan fingerprint density at radius 2 is 2.05 bits per heavy atom. The Morgan fingerprint density at radius 3 is 2.65 bits per heavy atom. The van der Waals surface area contributed by atoms with Gasteiger partial charge in [-0.15, -0.1) is 0 Å². The molecule has 0 aromatic heterocycles. The van der Waals surface area contributed by atoms with Crippen molar-refractivity contribution in [2.75, 3.05) is 25.1 Å². The molecule has 0 unspecified atom stereocenters. The van der Waals surface area contributed by atoms with E-state index in [0.29, 0.717) is 11.4 Å². The van der Waals surface area contributed by atoms with Crippen LogP contribution in [0.3, 0.4) is 0 Å². The van der Waals surface area contributed by atoms with Gasteiger partial charge in [-0.1, -0.05) is 0 Å². The molecule has 1 amide bonds. The van der Waals surface area contributed by atoms with Crippen molar-refractivity contribution in [3.63, 3.8) is 0 Å². The quantitative estimate of drug-likeness (QED) is 0.743. The van der Waals surface area contributed by atoms with Crippen molar-refractivity contribution in [3.05, 3.63) is 24.3 Å². The van der Waals surface area contributed by atoms with Gasteiger partial charge in [0.2, 0.25) is 5.91 Å². The third-order valence-electron chi connectivity index (χ3n) is 2.16. The lowest BCUT2D eigenvalue weighted by atomic mass is 10.3. The van der Waals surface area contributed by atoms with Gasteiger partial charge in [-0.25, -0.2) is 8.78 Å². The van der Waals surface area contributed by atoms with Crippen LogP contribution >= 0.6 is 0 Å². The molecule has 0 aliphatic carbocycles. The Morgan fingerprint density at radius 1 is 1.35 bits per heavy atom. The van der Waals surface area contributed by atoms with Gasteiger partial charge in [0.25, 0.3) is 6.43 Å². The Hall–Kier alpha value is -2.20. The van der Waals surface area contributed by atoms with Crippen LogP contribution in [0.1, 0.15) is 6.42 Å². The molecule has 20 heavy (non-hydrogen) atoms. The average molecular weight is 284 g/mol. The van der Waals surface area contributed by atoms with Crippen LogP contribution in [0.25, 0.3) is 0 Å². The van der Waals surface area contributed by atoms with Crippen LogP contribution in [0.4, 0.5) is 14.5 Å². The smallest absolute Gasteiger partial charge is 0.261 e. The van der Waals surface area contributed by atoms with Crippen LogP contribution in [0.15, 0.2) is 24.3 Å². The van der Waals surface area contributed by atoms with E-state index in [1.165, 1.54) is 0 Å². The largest absolute Gasteiger partial charge is 0.479 e. The predicted octanol–water partition coefficient (Wildman–Crippen LogP) is 2.20. The molecule has 0 saturated heterocycles. The number of nitriles is 1. The molecule has 1 aromatic carbocycles. The number of halogens is 2. The third kappa shape index (κ3) is 6.66. The minimum Gasteiger partial charge on any atom is -0.479 e. The normalized spacial score (nSPS) is 10.1. The molecule has 0 aliphatic rings. The van der Waals surface area contributed by atoms with E-state index in [0.717, 1.165) is 0 Å². The number of hydrogen-bond donors (Lipinski definition) is 1. The van der Waals surface area contributed by atoms with Crippen molar-refractivity contribution in [1.29, 1.82) is 5.26 Å². The molecule has 5 nitrogen and oxygen atoms in total. The van der Waals surface area contributed by atoms with E-state index in [1.54, 1.807) is 24.3 Å². The Balaban J connectivity index is 2.29. The minimum atomic E-state index is -2.53. The highest BCUT2D eigenvalue weighted by molar-refractivity contribution is 5.90. The Bertz CT molecular complexity index is 458. The maximum Gasteiger partial charge on any atom is 0.261 e. The fourth-order valence-electron chi connectivity index (χ4n) is 1.31. The summed E-state index contributed by atoms with van der Waals surface area (Å²) in [6.45, 7) is -0.773. The lowest BCUT2D eigenvalue weighted by Gasteiger charge is -2.07. The lowest BCUT2D eigenvalue weighted by molar-refractivity contribution is -0.117. The van der Waals surface area contributed by atoms with Crippen LogP contribution in [-0.4, -0.2) is 32.2 Å². The maximum atomic E-state index is 11.8. The van der Waals surface area contributed by atoms with Gasteiger partial charge in [0, 0.05) is 5.69 Å². The summed E-state index contributed by atoms with van der Waals surface area (Å²) in [5.41, 5.74) is 0.549. The molecular formula is C13H14F2N2O3. The van der Waals surface area contributed by atoms with Gasteiger partial charge in [0.05, 0.1) is 13.0 Å². The average Bonchev–Trinajstić information content (AvgIpc) is 2.43. The van der Waals surface area contributed by atoms with E-state index in [4.69, 9.17) is 10.00 Å². The fraction of sp³-hybridized carbons (Fsp3) is 0.385. The summed E-state index contributed by atoms with van der Waals surface area (Å²) in [6.07, 6.45) is -2.53. The number of anilines is 1. The second-order valence-corrected chi connectivity index (χ2v) is 3.74. The summed E-state index contributed by atoms with van der Waals surface area (Å²) >= 11 is 0. The molecule has 1 N–H and O–H groups in total. The van der Waals surface area contributed by atoms with Crippen LogP contribution < -0.4 is 10.1 Å². The number of carbonyl (C=O) groups excluding carboxylic acids is 1. The molecule has 0 radical (unpaired) electrons. The summed E-state index contributed by atoms with van der Waals surface area (Å²) in [7, 11) is 0.